The first kappa shape index (κ1) is 6.44. The highest BCUT2D eigenvalue weighted by Gasteiger charge is 1.99. The summed E-state index contributed by atoms with van der Waals surface area (Å²) in [6.45, 7) is 0. The largest absolute Gasteiger partial charge is 0.495 e. The first-order chi connectivity index (χ1) is 4.34. The fourth-order valence-corrected chi connectivity index (χ4v) is 0.923. The van der Waals surface area contributed by atoms with Crippen LogP contribution in [0.5, 0.6) is 0 Å². The van der Waals surface area contributed by atoms with E-state index in [1.54, 1.807) is 13.2 Å². The second kappa shape index (κ2) is 2.75. The zero-order chi connectivity index (χ0) is 6.69. The molecule has 0 aromatic rings. The van der Waals surface area contributed by atoms with Crippen molar-refractivity contribution < 1.29 is 4.74 Å². The van der Waals surface area contributed by atoms with E-state index in [-0.39, 0.29) is 0 Å². The molecule has 1 rings (SSSR count). The highest BCUT2D eigenvalue weighted by atomic mass is 79.9. The maximum atomic E-state index is 4.95. The van der Waals surface area contributed by atoms with Crippen LogP contribution in [-0.2, 0) is 4.74 Å². The summed E-state index contributed by atoms with van der Waals surface area (Å²) >= 11 is 3.24. The van der Waals surface area contributed by atoms with E-state index < -0.39 is 0 Å². The van der Waals surface area contributed by atoms with Crippen LogP contribution < -0.4 is 0 Å². The molecule has 0 aliphatic heterocycles. The number of allylic oxidation sites excluding steroid dienone is 3. The zero-order valence-corrected chi connectivity index (χ0v) is 6.53. The molecule has 0 aromatic heterocycles. The molecule has 46 valence electrons. The normalized spacial score (nSPS) is 14.9. The third kappa shape index (κ3) is 1.36. The third-order valence-electron chi connectivity index (χ3n) is 0.936. The van der Waals surface area contributed by atoms with Gasteiger partial charge in [-0.2, -0.15) is 0 Å². The first-order valence-electron chi connectivity index (χ1n) is 2.46. The Morgan fingerprint density at radius 1 is 1.67 bits per heavy atom. The van der Waals surface area contributed by atoms with Gasteiger partial charge in [0.15, 0.2) is 0 Å². The van der Waals surface area contributed by atoms with Gasteiger partial charge in [0, 0.05) is 0 Å². The van der Waals surface area contributed by atoms with E-state index in [2.05, 4.69) is 27.4 Å². The van der Waals surface area contributed by atoms with Crippen LogP contribution in [-0.4, -0.2) is 7.11 Å². The van der Waals surface area contributed by atoms with Crippen LogP contribution in [0.1, 0.15) is 0 Å². The summed E-state index contributed by atoms with van der Waals surface area (Å²) in [5.74, 6) is 0.786. The molecule has 1 aliphatic rings. The minimum absolute atomic E-state index is 0.786. The lowest BCUT2D eigenvalue weighted by Crippen LogP contribution is -1.84. The van der Waals surface area contributed by atoms with E-state index in [9.17, 15) is 0 Å². The monoisotopic (exact) mass is 184 g/mol. The van der Waals surface area contributed by atoms with Gasteiger partial charge in [-0.05, 0) is 28.1 Å². The predicted molar refractivity (Wildman–Crippen MR) is 39.1 cm³/mol. The van der Waals surface area contributed by atoms with E-state index in [1.165, 1.54) is 0 Å². The third-order valence-corrected chi connectivity index (χ3v) is 1.53. The molecule has 0 amide bonds. The van der Waals surface area contributed by atoms with E-state index in [0.29, 0.717) is 0 Å². The number of methoxy groups -OCH3 is 1. The number of hydrogen-bond donors (Lipinski definition) is 0. The fourth-order valence-electron chi connectivity index (χ4n) is 0.515. The molecule has 1 aliphatic carbocycles. The second-order valence-corrected chi connectivity index (χ2v) is 2.28. The van der Waals surface area contributed by atoms with Crippen molar-refractivity contribution in [3.63, 3.8) is 0 Å². The molecule has 0 saturated heterocycles. The van der Waals surface area contributed by atoms with Gasteiger partial charge in [-0.1, -0.05) is 11.5 Å². The average molecular weight is 185 g/mol. The van der Waals surface area contributed by atoms with E-state index in [4.69, 9.17) is 4.74 Å². The summed E-state index contributed by atoms with van der Waals surface area (Å²) in [4.78, 5) is 0. The van der Waals surface area contributed by atoms with E-state index >= 15 is 0 Å². The van der Waals surface area contributed by atoms with E-state index in [1.807, 2.05) is 6.08 Å². The maximum absolute atomic E-state index is 4.95. The molecule has 9 heavy (non-hydrogen) atoms. The van der Waals surface area contributed by atoms with Crippen molar-refractivity contribution in [3.8, 4) is 0 Å². The van der Waals surface area contributed by atoms with Gasteiger partial charge in [-0.25, -0.2) is 0 Å². The van der Waals surface area contributed by atoms with Gasteiger partial charge in [0.25, 0.3) is 0 Å². The second-order valence-electron chi connectivity index (χ2n) is 1.49. The lowest BCUT2D eigenvalue weighted by atomic mass is 10.3. The predicted octanol–water partition coefficient (Wildman–Crippen LogP) is 2.12. The SMILES string of the molecule is COC1=CC=C=C=C1Br. The fraction of sp³-hybridized carbons (Fsp3) is 0.143. The summed E-state index contributed by atoms with van der Waals surface area (Å²) in [5.41, 5.74) is 5.60. The molecule has 0 radical (unpaired) electrons. The van der Waals surface area contributed by atoms with Gasteiger partial charge in [0.2, 0.25) is 0 Å². The van der Waals surface area contributed by atoms with Crippen LogP contribution in [0.4, 0.5) is 0 Å². The number of ether oxygens (including phenoxy) is 1. The molecular weight excluding hydrogens is 180 g/mol. The molecule has 0 atom stereocenters. The molecule has 0 aromatic carbocycles. The van der Waals surface area contributed by atoms with Gasteiger partial charge >= 0.3 is 0 Å². The molecular formula is C7H5BrO. The molecule has 0 bridgehead atoms. The number of halogens is 1. The minimum Gasteiger partial charge on any atom is -0.495 e. The molecule has 2 heteroatoms. The van der Waals surface area contributed by atoms with Crippen LogP contribution in [0, 0.1) is 0 Å². The van der Waals surface area contributed by atoms with Crippen LogP contribution >= 0.6 is 15.9 Å². The highest BCUT2D eigenvalue weighted by molar-refractivity contribution is 9.11. The van der Waals surface area contributed by atoms with Gasteiger partial charge < -0.3 is 4.74 Å². The summed E-state index contributed by atoms with van der Waals surface area (Å²) in [5, 5.41) is 0. The molecule has 0 spiro atoms. The van der Waals surface area contributed by atoms with Crippen molar-refractivity contribution in [3.05, 3.63) is 33.9 Å². The van der Waals surface area contributed by atoms with Crippen molar-refractivity contribution in [1.29, 1.82) is 0 Å². The lowest BCUT2D eigenvalue weighted by Gasteiger charge is -2.00. The Labute approximate surface area is 62.1 Å². The highest BCUT2D eigenvalue weighted by Crippen LogP contribution is 2.17. The van der Waals surface area contributed by atoms with Crippen LogP contribution in [0.25, 0.3) is 0 Å². The Balaban J connectivity index is 2.97. The minimum atomic E-state index is 0.786. The number of hydrogen-bond acceptors (Lipinski definition) is 1. The Morgan fingerprint density at radius 2 is 2.44 bits per heavy atom. The van der Waals surface area contributed by atoms with Crippen LogP contribution in [0.15, 0.2) is 33.9 Å². The summed E-state index contributed by atoms with van der Waals surface area (Å²) in [6, 6.07) is 0. The molecule has 1 nitrogen and oxygen atoms in total. The Hall–Kier alpha value is -0.680. The van der Waals surface area contributed by atoms with Crippen molar-refractivity contribution >= 4 is 15.9 Å². The lowest BCUT2D eigenvalue weighted by molar-refractivity contribution is 0.305. The molecule has 0 unspecified atom stereocenters. The van der Waals surface area contributed by atoms with E-state index in [0.717, 1.165) is 10.2 Å². The zero-order valence-electron chi connectivity index (χ0n) is 4.94. The standard InChI is InChI=1S/C7H5BrO/c1-9-7-5-3-2-4-6(7)8/h3,5H,1H3. The summed E-state index contributed by atoms with van der Waals surface area (Å²) < 4.78 is 5.76. The first-order valence-corrected chi connectivity index (χ1v) is 3.26. The average Bonchev–Trinajstić information content (AvgIpc) is 1.89. The summed E-state index contributed by atoms with van der Waals surface area (Å²) in [6.07, 6.45) is 3.57. The Kier molecular flexibility index (Phi) is 1.96. The molecule has 0 fully saturated rings. The molecule has 0 heterocycles. The van der Waals surface area contributed by atoms with Crippen molar-refractivity contribution in [2.45, 2.75) is 0 Å². The smallest absolute Gasteiger partial charge is 0.142 e. The number of rotatable bonds is 1. The van der Waals surface area contributed by atoms with Crippen molar-refractivity contribution in [2.75, 3.05) is 7.11 Å². The van der Waals surface area contributed by atoms with Crippen molar-refractivity contribution in [2.24, 2.45) is 0 Å². The summed E-state index contributed by atoms with van der Waals surface area (Å²) in [7, 11) is 1.62. The maximum Gasteiger partial charge on any atom is 0.142 e. The molecule has 0 saturated carbocycles. The van der Waals surface area contributed by atoms with Gasteiger partial charge in [0.1, 0.15) is 10.2 Å². The van der Waals surface area contributed by atoms with Gasteiger partial charge in [-0.3, -0.25) is 0 Å². The van der Waals surface area contributed by atoms with Crippen LogP contribution in [0.2, 0.25) is 0 Å². The van der Waals surface area contributed by atoms with Crippen molar-refractivity contribution in [1.82, 2.24) is 0 Å². The quantitative estimate of drug-likeness (QED) is 0.568. The van der Waals surface area contributed by atoms with Crippen LogP contribution in [0.3, 0.4) is 0 Å². The Morgan fingerprint density at radius 3 is 2.89 bits per heavy atom. The van der Waals surface area contributed by atoms with Gasteiger partial charge in [0.05, 0.1) is 7.11 Å². The van der Waals surface area contributed by atoms with Gasteiger partial charge in [-0.15, -0.1) is 0 Å². The topological polar surface area (TPSA) is 9.23 Å². The molecule has 0 N–H and O–H groups in total. The Bertz CT molecular complexity index is 238.